The van der Waals surface area contributed by atoms with Gasteiger partial charge in [-0.05, 0) is 72.0 Å². The summed E-state index contributed by atoms with van der Waals surface area (Å²) in [4.78, 5) is 34.6. The predicted molar refractivity (Wildman–Crippen MR) is 116 cm³/mol. The number of benzene rings is 2. The van der Waals surface area contributed by atoms with Gasteiger partial charge in [-0.25, -0.2) is 9.59 Å². The first kappa shape index (κ1) is 22.4. The molecule has 29 heavy (non-hydrogen) atoms. The van der Waals surface area contributed by atoms with Gasteiger partial charge in [-0.2, -0.15) is 0 Å². The van der Waals surface area contributed by atoms with E-state index < -0.39 is 24.1 Å². The Morgan fingerprint density at radius 3 is 2.38 bits per heavy atom. The molecular formula is C21H20INO6. The van der Waals surface area contributed by atoms with Crippen LogP contribution in [0, 0.1) is 9.49 Å². The molecule has 0 saturated heterocycles. The van der Waals surface area contributed by atoms with E-state index in [0.717, 1.165) is 9.65 Å². The van der Waals surface area contributed by atoms with Crippen LogP contribution < -0.4 is 5.32 Å². The predicted octanol–water partition coefficient (Wildman–Crippen LogP) is 4.77. The number of amides is 1. The van der Waals surface area contributed by atoms with Crippen molar-refractivity contribution in [2.75, 3.05) is 5.32 Å². The Hall–Kier alpha value is -2.88. The lowest BCUT2D eigenvalue weighted by Gasteiger charge is -2.23. The molecule has 0 aromatic heterocycles. The average molecular weight is 509 g/mol. The fourth-order valence-electron chi connectivity index (χ4n) is 2.59. The standard InChI is InChI=1S/C21H20INO6/c1-12(3-10-19(26)27)20(17-11-15(22)6-9-18(17)25)29-21(28)23-16-7-4-14(5-8-16)13(2)24/h3-12,20,25H,1-2H3,(H,23,28)(H,26,27)/b10-3+/t12-,20+/m1/s1. The van der Waals surface area contributed by atoms with E-state index >= 15 is 0 Å². The number of ether oxygens (including phenoxy) is 1. The largest absolute Gasteiger partial charge is 0.508 e. The van der Waals surface area contributed by atoms with Crippen molar-refractivity contribution in [2.45, 2.75) is 20.0 Å². The molecule has 7 nitrogen and oxygen atoms in total. The van der Waals surface area contributed by atoms with Gasteiger partial charge in [-0.1, -0.05) is 13.0 Å². The van der Waals surface area contributed by atoms with Gasteiger partial charge in [0.2, 0.25) is 0 Å². The zero-order valence-electron chi connectivity index (χ0n) is 15.8. The van der Waals surface area contributed by atoms with Gasteiger partial charge >= 0.3 is 12.1 Å². The Morgan fingerprint density at radius 1 is 1.14 bits per heavy atom. The van der Waals surface area contributed by atoms with Crippen LogP contribution in [0.4, 0.5) is 10.5 Å². The van der Waals surface area contributed by atoms with E-state index in [1.807, 2.05) is 0 Å². The minimum absolute atomic E-state index is 0.0652. The van der Waals surface area contributed by atoms with Crippen molar-refractivity contribution in [3.8, 4) is 5.75 Å². The molecule has 1 amide bonds. The number of aromatic hydroxyl groups is 1. The third-order valence-corrected chi connectivity index (χ3v) is 4.76. The quantitative estimate of drug-likeness (QED) is 0.282. The molecule has 0 saturated carbocycles. The van der Waals surface area contributed by atoms with Gasteiger partial charge in [0.1, 0.15) is 11.9 Å². The normalized spacial score (nSPS) is 12.9. The number of ketones is 1. The van der Waals surface area contributed by atoms with Crippen LogP contribution in [-0.4, -0.2) is 28.1 Å². The first-order chi connectivity index (χ1) is 13.7. The summed E-state index contributed by atoms with van der Waals surface area (Å²) in [5.74, 6) is -1.81. The molecule has 0 fully saturated rings. The number of carboxylic acid groups (broad SMARTS) is 1. The molecule has 0 aliphatic heterocycles. The number of Topliss-reactive ketones (excluding diaryl/α,β-unsaturated/α-hetero) is 1. The van der Waals surface area contributed by atoms with Crippen LogP contribution >= 0.6 is 22.6 Å². The maximum Gasteiger partial charge on any atom is 0.412 e. The molecule has 2 rings (SSSR count). The molecule has 2 atom stereocenters. The summed E-state index contributed by atoms with van der Waals surface area (Å²) in [7, 11) is 0. The second-order valence-electron chi connectivity index (χ2n) is 6.34. The van der Waals surface area contributed by atoms with Crippen molar-refractivity contribution >= 4 is 46.1 Å². The Labute approximate surface area is 181 Å². The highest BCUT2D eigenvalue weighted by molar-refractivity contribution is 14.1. The van der Waals surface area contributed by atoms with Crippen LogP contribution in [0.3, 0.4) is 0 Å². The number of carboxylic acids is 1. The molecular weight excluding hydrogens is 489 g/mol. The van der Waals surface area contributed by atoms with Gasteiger partial charge in [0.25, 0.3) is 0 Å². The maximum atomic E-state index is 12.4. The zero-order chi connectivity index (χ0) is 21.6. The van der Waals surface area contributed by atoms with Gasteiger partial charge < -0.3 is 14.9 Å². The minimum atomic E-state index is -1.13. The molecule has 0 aliphatic rings. The molecule has 0 spiro atoms. The summed E-state index contributed by atoms with van der Waals surface area (Å²) < 4.78 is 6.34. The number of carbonyl (C=O) groups is 3. The van der Waals surface area contributed by atoms with Crippen LogP contribution in [-0.2, 0) is 9.53 Å². The number of hydrogen-bond donors (Lipinski definition) is 3. The molecule has 0 aliphatic carbocycles. The number of aliphatic carboxylic acids is 1. The molecule has 8 heteroatoms. The van der Waals surface area contributed by atoms with Gasteiger partial charge in [0.05, 0.1) is 0 Å². The number of nitrogens with one attached hydrogen (secondary N) is 1. The molecule has 2 aromatic rings. The van der Waals surface area contributed by atoms with Crippen molar-refractivity contribution in [2.24, 2.45) is 5.92 Å². The van der Waals surface area contributed by atoms with E-state index in [4.69, 9.17) is 9.84 Å². The number of carbonyl (C=O) groups excluding carboxylic acids is 2. The van der Waals surface area contributed by atoms with E-state index in [1.54, 1.807) is 43.3 Å². The molecule has 0 heterocycles. The van der Waals surface area contributed by atoms with Crippen molar-refractivity contribution in [1.29, 1.82) is 0 Å². The summed E-state index contributed by atoms with van der Waals surface area (Å²) in [6, 6.07) is 11.2. The van der Waals surface area contributed by atoms with Crippen LogP contribution in [0.25, 0.3) is 0 Å². The molecule has 152 valence electrons. The van der Waals surface area contributed by atoms with Crippen molar-refractivity contribution in [1.82, 2.24) is 0 Å². The number of phenols is 1. The third-order valence-electron chi connectivity index (χ3n) is 4.09. The fourth-order valence-corrected chi connectivity index (χ4v) is 3.11. The van der Waals surface area contributed by atoms with Crippen LogP contribution in [0.1, 0.15) is 35.9 Å². The number of anilines is 1. The van der Waals surface area contributed by atoms with Gasteiger partial charge in [-0.3, -0.25) is 10.1 Å². The Morgan fingerprint density at radius 2 is 1.79 bits per heavy atom. The highest BCUT2D eigenvalue weighted by Gasteiger charge is 2.25. The number of hydrogen-bond acceptors (Lipinski definition) is 5. The lowest BCUT2D eigenvalue weighted by atomic mass is 9.96. The smallest absolute Gasteiger partial charge is 0.412 e. The van der Waals surface area contributed by atoms with Crippen LogP contribution in [0.15, 0.2) is 54.6 Å². The van der Waals surface area contributed by atoms with Gasteiger partial charge in [-0.15, -0.1) is 0 Å². The summed E-state index contributed by atoms with van der Waals surface area (Å²) in [5, 5.41) is 21.7. The average Bonchev–Trinajstić information content (AvgIpc) is 2.66. The molecule has 2 aromatic carbocycles. The summed E-state index contributed by atoms with van der Waals surface area (Å²) in [6.45, 7) is 3.12. The number of halogens is 1. The maximum absolute atomic E-state index is 12.4. The van der Waals surface area contributed by atoms with E-state index in [0.29, 0.717) is 16.8 Å². The first-order valence-electron chi connectivity index (χ1n) is 8.65. The lowest BCUT2D eigenvalue weighted by molar-refractivity contribution is -0.131. The molecule has 0 bridgehead atoms. The summed E-state index contributed by atoms with van der Waals surface area (Å²) >= 11 is 2.06. The summed E-state index contributed by atoms with van der Waals surface area (Å²) in [5.41, 5.74) is 1.30. The Balaban J connectivity index is 2.24. The molecule has 0 unspecified atom stereocenters. The van der Waals surface area contributed by atoms with Gasteiger partial charge in [0.15, 0.2) is 5.78 Å². The third kappa shape index (κ3) is 6.60. The second-order valence-corrected chi connectivity index (χ2v) is 7.59. The van der Waals surface area contributed by atoms with E-state index in [2.05, 4.69) is 27.9 Å². The Bertz CT molecular complexity index is 939. The number of rotatable bonds is 7. The highest BCUT2D eigenvalue weighted by atomic mass is 127. The van der Waals surface area contributed by atoms with Crippen molar-refractivity contribution in [3.05, 3.63) is 69.3 Å². The first-order valence-corrected chi connectivity index (χ1v) is 9.73. The van der Waals surface area contributed by atoms with Crippen molar-refractivity contribution < 1.29 is 29.3 Å². The minimum Gasteiger partial charge on any atom is -0.508 e. The van der Waals surface area contributed by atoms with Crippen LogP contribution in [0.5, 0.6) is 5.75 Å². The van der Waals surface area contributed by atoms with E-state index in [9.17, 15) is 19.5 Å². The van der Waals surface area contributed by atoms with Crippen LogP contribution in [0.2, 0.25) is 0 Å². The molecule has 3 N–H and O–H groups in total. The number of phenolic OH excluding ortho intramolecular Hbond substituents is 1. The fraction of sp³-hybridized carbons (Fsp3) is 0.190. The monoisotopic (exact) mass is 509 g/mol. The van der Waals surface area contributed by atoms with Gasteiger partial charge in [0, 0.05) is 32.4 Å². The molecule has 0 radical (unpaired) electrons. The zero-order valence-corrected chi connectivity index (χ0v) is 17.9. The van der Waals surface area contributed by atoms with E-state index in [-0.39, 0.29) is 11.5 Å². The highest BCUT2D eigenvalue weighted by Crippen LogP contribution is 2.34. The topological polar surface area (TPSA) is 113 Å². The lowest BCUT2D eigenvalue weighted by Crippen LogP contribution is -2.21. The van der Waals surface area contributed by atoms with E-state index in [1.165, 1.54) is 19.1 Å². The summed E-state index contributed by atoms with van der Waals surface area (Å²) in [6.07, 6.45) is 0.655. The SMILES string of the molecule is CC(=O)c1ccc(NC(=O)O[C@H](c2cc(I)ccc2O)[C@H](C)/C=C/C(=O)O)cc1. The Kier molecular flexibility index (Phi) is 7.77. The van der Waals surface area contributed by atoms with Crippen molar-refractivity contribution in [3.63, 3.8) is 0 Å². The second kappa shape index (κ2) is 10.1.